The smallest absolute Gasteiger partial charge is 0.341 e. The number of carbonyl (C=O) groups excluding carboxylic acids is 1. The van der Waals surface area contributed by atoms with Crippen molar-refractivity contribution >= 4 is 23.1 Å². The van der Waals surface area contributed by atoms with Crippen molar-refractivity contribution in [3.05, 3.63) is 72.0 Å². The summed E-state index contributed by atoms with van der Waals surface area (Å²) in [4.78, 5) is 17.4. The molecule has 0 aliphatic rings. The number of nitrogens with zero attached hydrogens (tertiary/aromatic N) is 3. The first-order valence-corrected chi connectivity index (χ1v) is 8.18. The van der Waals surface area contributed by atoms with Gasteiger partial charge in [0.25, 0.3) is 0 Å². The van der Waals surface area contributed by atoms with E-state index < -0.39 is 5.97 Å². The van der Waals surface area contributed by atoms with Gasteiger partial charge in [-0.3, -0.25) is 0 Å². The van der Waals surface area contributed by atoms with Gasteiger partial charge in [0.2, 0.25) is 0 Å². The number of oxime groups is 1. The topological polar surface area (TPSA) is 81.8 Å². The normalized spacial score (nSPS) is 12.1. The van der Waals surface area contributed by atoms with E-state index in [1.807, 2.05) is 48.5 Å². The van der Waals surface area contributed by atoms with Gasteiger partial charge in [-0.25, -0.2) is 4.79 Å². The molecule has 0 unspecified atom stereocenters. The van der Waals surface area contributed by atoms with E-state index in [9.17, 15) is 4.79 Å². The molecule has 2 rings (SSSR count). The molecule has 0 radical (unpaired) electrons. The van der Waals surface area contributed by atoms with Crippen LogP contribution in [0.3, 0.4) is 0 Å². The summed E-state index contributed by atoms with van der Waals surface area (Å²) < 4.78 is 9.80. The van der Waals surface area contributed by atoms with Crippen molar-refractivity contribution < 1.29 is 19.1 Å². The number of hydrogen-bond acceptors (Lipinski definition) is 6. The summed E-state index contributed by atoms with van der Waals surface area (Å²) >= 11 is 0. The second kappa shape index (κ2) is 10.5. The lowest BCUT2D eigenvalue weighted by Crippen LogP contribution is -2.07. The molecule has 2 aromatic carbocycles. The maximum atomic E-state index is 12.0. The lowest BCUT2D eigenvalue weighted by atomic mass is 10.0. The zero-order chi connectivity index (χ0) is 19.5. The summed E-state index contributed by atoms with van der Waals surface area (Å²) in [5, 5.41) is 12.0. The minimum Gasteiger partial charge on any atom is -0.503 e. The molecule has 0 saturated heterocycles. The highest BCUT2D eigenvalue weighted by atomic mass is 16.6. The molecule has 0 spiro atoms. The third kappa shape index (κ3) is 6.07. The average molecular weight is 367 g/mol. The lowest BCUT2D eigenvalue weighted by Gasteiger charge is -2.10. The Hall–Kier alpha value is -3.48. The molecule has 0 bridgehead atoms. The Balaban J connectivity index is 2.09. The van der Waals surface area contributed by atoms with Crippen LogP contribution in [0.1, 0.15) is 18.1 Å². The van der Waals surface area contributed by atoms with Gasteiger partial charge in [-0.1, -0.05) is 47.6 Å². The zero-order valence-corrected chi connectivity index (χ0v) is 15.5. The number of benzene rings is 2. The number of esters is 1. The Morgan fingerprint density at radius 3 is 2.44 bits per heavy atom. The number of hydrogen-bond donors (Lipinski definition) is 0. The van der Waals surface area contributed by atoms with Gasteiger partial charge in [-0.2, -0.15) is 0 Å². The van der Waals surface area contributed by atoms with Crippen LogP contribution in [0.2, 0.25) is 0 Å². The van der Waals surface area contributed by atoms with E-state index in [1.165, 1.54) is 20.5 Å². The molecule has 0 amide bonds. The van der Waals surface area contributed by atoms with Gasteiger partial charge >= 0.3 is 5.97 Å². The quantitative estimate of drug-likeness (QED) is 0.137. The Morgan fingerprint density at radius 1 is 1.04 bits per heavy atom. The standard InChI is InChI=1S/C20H21N3O4/c1-15(21-22-17-10-5-4-6-11-17)23-27-13-16-9-7-8-12-18(16)19(14-25-2)20(24)26-3/h4-12,14H,13H2,1-3H3. The Morgan fingerprint density at radius 2 is 1.74 bits per heavy atom. The summed E-state index contributed by atoms with van der Waals surface area (Å²) in [5.41, 5.74) is 2.42. The summed E-state index contributed by atoms with van der Waals surface area (Å²) in [5.74, 6) is -0.127. The van der Waals surface area contributed by atoms with Crippen molar-refractivity contribution in [2.24, 2.45) is 15.4 Å². The van der Waals surface area contributed by atoms with E-state index in [0.717, 1.165) is 11.3 Å². The van der Waals surface area contributed by atoms with Crippen LogP contribution in [-0.4, -0.2) is 26.0 Å². The predicted molar refractivity (Wildman–Crippen MR) is 102 cm³/mol. The number of rotatable bonds is 7. The minimum atomic E-state index is -0.499. The predicted octanol–water partition coefficient (Wildman–Crippen LogP) is 4.48. The Labute approximate surface area is 158 Å². The van der Waals surface area contributed by atoms with Crippen molar-refractivity contribution in [3.63, 3.8) is 0 Å². The zero-order valence-electron chi connectivity index (χ0n) is 15.5. The van der Waals surface area contributed by atoms with Gasteiger partial charge in [-0.05, 0) is 17.7 Å². The largest absolute Gasteiger partial charge is 0.503 e. The summed E-state index contributed by atoms with van der Waals surface area (Å²) in [6.45, 7) is 1.83. The average Bonchev–Trinajstić information content (AvgIpc) is 2.71. The van der Waals surface area contributed by atoms with Crippen molar-refractivity contribution in [1.82, 2.24) is 0 Å². The monoisotopic (exact) mass is 367 g/mol. The van der Waals surface area contributed by atoms with Crippen LogP contribution in [0.25, 0.3) is 5.57 Å². The van der Waals surface area contributed by atoms with E-state index in [2.05, 4.69) is 15.4 Å². The van der Waals surface area contributed by atoms with Gasteiger partial charge in [0.05, 0.1) is 26.2 Å². The molecular formula is C20H21N3O4. The van der Waals surface area contributed by atoms with Crippen molar-refractivity contribution in [2.45, 2.75) is 13.5 Å². The van der Waals surface area contributed by atoms with Crippen LogP contribution in [0.4, 0.5) is 5.69 Å². The van der Waals surface area contributed by atoms with Crippen LogP contribution < -0.4 is 0 Å². The first-order valence-electron chi connectivity index (χ1n) is 8.18. The Kier molecular flexibility index (Phi) is 7.71. The van der Waals surface area contributed by atoms with E-state index in [-0.39, 0.29) is 6.61 Å². The van der Waals surface area contributed by atoms with Gasteiger partial charge in [0.15, 0.2) is 5.84 Å². The van der Waals surface area contributed by atoms with Gasteiger partial charge in [-0.15, -0.1) is 10.2 Å². The maximum Gasteiger partial charge on any atom is 0.341 e. The molecule has 0 aliphatic heterocycles. The SMILES string of the molecule is COC=C(C(=O)OC)c1ccccc1CON=C(C)N=Nc1ccccc1. The second-order valence-corrected chi connectivity index (χ2v) is 5.36. The second-order valence-electron chi connectivity index (χ2n) is 5.36. The molecule has 7 heteroatoms. The molecule has 0 aliphatic carbocycles. The van der Waals surface area contributed by atoms with Gasteiger partial charge < -0.3 is 14.3 Å². The number of azo groups is 1. The van der Waals surface area contributed by atoms with Crippen LogP contribution in [0.5, 0.6) is 0 Å². The highest BCUT2D eigenvalue weighted by molar-refractivity contribution is 6.16. The Bertz CT molecular complexity index is 845. The molecule has 0 atom stereocenters. The lowest BCUT2D eigenvalue weighted by molar-refractivity contribution is -0.133. The molecule has 2 aromatic rings. The fourth-order valence-corrected chi connectivity index (χ4v) is 2.20. The minimum absolute atomic E-state index is 0.145. The fourth-order valence-electron chi connectivity index (χ4n) is 2.20. The molecule has 0 heterocycles. The highest BCUT2D eigenvalue weighted by Crippen LogP contribution is 2.21. The van der Waals surface area contributed by atoms with Crippen LogP contribution in [0, 0.1) is 0 Å². The summed E-state index contributed by atoms with van der Waals surface area (Å²) in [7, 11) is 2.78. The molecule has 0 aromatic heterocycles. The molecule has 7 nitrogen and oxygen atoms in total. The van der Waals surface area contributed by atoms with Crippen molar-refractivity contribution in [1.29, 1.82) is 0 Å². The van der Waals surface area contributed by atoms with E-state index in [1.54, 1.807) is 13.0 Å². The first-order chi connectivity index (χ1) is 13.2. The number of methoxy groups -OCH3 is 2. The van der Waals surface area contributed by atoms with Crippen molar-refractivity contribution in [2.75, 3.05) is 14.2 Å². The molecule has 27 heavy (non-hydrogen) atoms. The highest BCUT2D eigenvalue weighted by Gasteiger charge is 2.16. The third-order valence-corrected chi connectivity index (χ3v) is 3.43. The first kappa shape index (κ1) is 19.8. The van der Waals surface area contributed by atoms with E-state index >= 15 is 0 Å². The van der Waals surface area contributed by atoms with E-state index in [0.29, 0.717) is 17.0 Å². The number of amidine groups is 1. The van der Waals surface area contributed by atoms with Crippen LogP contribution >= 0.6 is 0 Å². The van der Waals surface area contributed by atoms with Crippen molar-refractivity contribution in [3.8, 4) is 0 Å². The summed E-state index contributed by atoms with van der Waals surface area (Å²) in [6.07, 6.45) is 1.34. The number of carbonyl (C=O) groups is 1. The number of ether oxygens (including phenoxy) is 2. The van der Waals surface area contributed by atoms with E-state index in [4.69, 9.17) is 14.3 Å². The maximum absolute atomic E-state index is 12.0. The summed E-state index contributed by atoms with van der Waals surface area (Å²) in [6, 6.07) is 16.6. The molecule has 0 fully saturated rings. The third-order valence-electron chi connectivity index (χ3n) is 3.43. The van der Waals surface area contributed by atoms with Gasteiger partial charge in [0, 0.05) is 12.5 Å². The molecule has 0 saturated carbocycles. The fraction of sp³-hybridized carbons (Fsp3) is 0.200. The van der Waals surface area contributed by atoms with Crippen LogP contribution in [0.15, 0.2) is 76.2 Å². The van der Waals surface area contributed by atoms with Crippen LogP contribution in [-0.2, 0) is 25.7 Å². The molecule has 0 N–H and O–H groups in total. The molecule has 140 valence electrons. The molecular weight excluding hydrogens is 346 g/mol. The van der Waals surface area contributed by atoms with Gasteiger partial charge in [0.1, 0.15) is 12.2 Å².